The van der Waals surface area contributed by atoms with Gasteiger partial charge >= 0.3 is 0 Å². The maximum atomic E-state index is 12.8. The first-order valence-electron chi connectivity index (χ1n) is 24.1. The number of hydrogen-bond acceptors (Lipinski definition) is 3. The zero-order valence-corrected chi connectivity index (χ0v) is 45.0. The van der Waals surface area contributed by atoms with Gasteiger partial charge in [0.1, 0.15) is 5.58 Å². The molecule has 0 aliphatic heterocycles. The van der Waals surface area contributed by atoms with Gasteiger partial charge in [0.05, 0.1) is 30.5 Å². The molecular formula is C63H58FIrN3OSi-2. The number of imidazole rings is 1. The molecule has 11 aromatic rings. The number of hydrogen-bond donors (Lipinski definition) is 0. The van der Waals surface area contributed by atoms with E-state index in [9.17, 15) is 4.39 Å². The summed E-state index contributed by atoms with van der Waals surface area (Å²) in [6, 6.07) is 59.1. The molecule has 0 bridgehead atoms. The van der Waals surface area contributed by atoms with E-state index in [-0.39, 0.29) is 43.2 Å². The van der Waals surface area contributed by atoms with E-state index in [2.05, 4.69) is 211 Å². The maximum Gasteiger partial charge on any atom is 0.121 e. The Labute approximate surface area is 426 Å². The van der Waals surface area contributed by atoms with Crippen molar-refractivity contribution in [2.45, 2.75) is 85.4 Å². The van der Waals surface area contributed by atoms with E-state index in [1.54, 1.807) is 6.07 Å². The molecule has 0 amide bonds. The Balaban J connectivity index is 0.000000286. The van der Waals surface area contributed by atoms with E-state index in [1.165, 1.54) is 72.4 Å². The second-order valence-electron chi connectivity index (χ2n) is 21.1. The number of fused-ring (bicyclic) bond motifs is 7. The minimum atomic E-state index is -1.30. The minimum Gasteiger partial charge on any atom is -0.501 e. The molecule has 0 aliphatic carbocycles. The summed E-state index contributed by atoms with van der Waals surface area (Å²) in [7, 11) is -1.30. The van der Waals surface area contributed by atoms with Crippen LogP contribution in [0.15, 0.2) is 162 Å². The molecule has 1 radical (unpaired) electrons. The predicted molar refractivity (Wildman–Crippen MR) is 291 cm³/mol. The van der Waals surface area contributed by atoms with Crippen molar-refractivity contribution in [3.05, 3.63) is 192 Å². The fraction of sp³-hybridized carbons (Fsp3) is 0.206. The van der Waals surface area contributed by atoms with Gasteiger partial charge in [0, 0.05) is 43.2 Å². The Kier molecular flexibility index (Phi) is 13.2. The fourth-order valence-corrected chi connectivity index (χ4v) is 10.6. The van der Waals surface area contributed by atoms with Crippen LogP contribution in [0, 0.1) is 17.9 Å². The van der Waals surface area contributed by atoms with E-state index in [0.717, 1.165) is 55.6 Å². The Morgan fingerprint density at radius 2 is 1.36 bits per heavy atom. The predicted octanol–water partition coefficient (Wildman–Crippen LogP) is 17.1. The molecule has 0 N–H and O–H groups in total. The quantitative estimate of drug-likeness (QED) is 0.0907. The smallest absolute Gasteiger partial charge is 0.121 e. The van der Waals surface area contributed by atoms with Crippen LogP contribution in [0.2, 0.25) is 19.6 Å². The van der Waals surface area contributed by atoms with Gasteiger partial charge in [-0.2, -0.15) is 0 Å². The fourth-order valence-electron chi connectivity index (χ4n) is 9.54. The summed E-state index contributed by atoms with van der Waals surface area (Å²) in [5.74, 6) is 1.10. The zero-order chi connectivity index (χ0) is 48.4. The van der Waals surface area contributed by atoms with Gasteiger partial charge in [-0.25, -0.2) is 0 Å². The number of nitrogens with zero attached hydrogens (tertiary/aromatic N) is 3. The molecule has 0 fully saturated rings. The van der Waals surface area contributed by atoms with Crippen LogP contribution in [0.5, 0.6) is 0 Å². The van der Waals surface area contributed by atoms with Crippen LogP contribution in [0.1, 0.15) is 77.0 Å². The molecule has 11 rings (SSSR count). The first-order valence-corrected chi connectivity index (χ1v) is 27.6. The second kappa shape index (κ2) is 19.0. The van der Waals surface area contributed by atoms with Crippen LogP contribution in [0.25, 0.3) is 94.0 Å². The number of furan rings is 1. The topological polar surface area (TPSA) is 43.9 Å². The SMILES string of the molecule is CC(C)c1cc(-c2ccc(C(C)(C)C)cc2)cc(C(C)C)c1-n1c(-c2[c-]ccc3c2oc2cc4c(ccc5ccccc54)cc23)nc2ccccc21.C[Si](C)(C)c1ccc(-c2[c-]cc(F)cc2)nc1.[Ir]. The monoisotopic (exact) mass is 1110 g/mol. The Morgan fingerprint density at radius 3 is 2.01 bits per heavy atom. The number of halogens is 1. The van der Waals surface area contributed by atoms with E-state index in [0.29, 0.717) is 0 Å². The van der Waals surface area contributed by atoms with Gasteiger partial charge in [0.2, 0.25) is 0 Å². The zero-order valence-electron chi connectivity index (χ0n) is 41.6. The normalized spacial score (nSPS) is 12.1. The molecule has 8 aromatic carbocycles. The molecule has 0 saturated carbocycles. The number of rotatable bonds is 7. The molecule has 0 unspecified atom stereocenters. The summed E-state index contributed by atoms with van der Waals surface area (Å²) in [5, 5.41) is 8.34. The largest absolute Gasteiger partial charge is 0.501 e. The summed E-state index contributed by atoms with van der Waals surface area (Å²) >= 11 is 0. The van der Waals surface area contributed by atoms with Crippen molar-refractivity contribution in [1.82, 2.24) is 14.5 Å². The maximum absolute atomic E-state index is 12.8. The minimum absolute atomic E-state index is 0. The summed E-state index contributed by atoms with van der Waals surface area (Å²) in [5.41, 5.74) is 13.9. The number of para-hydroxylation sites is 2. The summed E-state index contributed by atoms with van der Waals surface area (Å²) < 4.78 is 22.0. The van der Waals surface area contributed by atoms with Gasteiger partial charge in [-0.3, -0.25) is 9.37 Å². The summed E-state index contributed by atoms with van der Waals surface area (Å²) in [4.78, 5) is 9.79. The number of pyridine rings is 1. The summed E-state index contributed by atoms with van der Waals surface area (Å²) in [6.07, 6.45) is 1.93. The molecule has 4 nitrogen and oxygen atoms in total. The Bertz CT molecular complexity index is 3660. The molecule has 353 valence electrons. The molecule has 0 spiro atoms. The van der Waals surface area contributed by atoms with Gasteiger partial charge in [-0.05, 0) is 114 Å². The third-order valence-electron chi connectivity index (χ3n) is 13.5. The first kappa shape index (κ1) is 48.5. The van der Waals surface area contributed by atoms with E-state index in [1.807, 2.05) is 18.3 Å². The van der Waals surface area contributed by atoms with Crippen LogP contribution < -0.4 is 5.19 Å². The molecule has 3 heterocycles. The van der Waals surface area contributed by atoms with Crippen LogP contribution >= 0.6 is 0 Å². The molecule has 0 saturated heterocycles. The van der Waals surface area contributed by atoms with Crippen molar-refractivity contribution in [3.8, 4) is 39.5 Å². The van der Waals surface area contributed by atoms with Crippen molar-refractivity contribution < 1.29 is 28.9 Å². The summed E-state index contributed by atoms with van der Waals surface area (Å²) in [6.45, 7) is 22.9. The molecule has 3 aromatic heterocycles. The van der Waals surface area contributed by atoms with Crippen molar-refractivity contribution in [2.75, 3.05) is 0 Å². The van der Waals surface area contributed by atoms with Crippen LogP contribution in [-0.4, -0.2) is 22.6 Å². The van der Waals surface area contributed by atoms with Crippen LogP contribution in [0.4, 0.5) is 4.39 Å². The molecule has 7 heteroatoms. The second-order valence-corrected chi connectivity index (χ2v) is 26.1. The number of benzene rings is 8. The molecule has 0 aliphatic rings. The van der Waals surface area contributed by atoms with Crippen molar-refractivity contribution in [1.29, 1.82) is 0 Å². The molecular weight excluding hydrogens is 1050 g/mol. The van der Waals surface area contributed by atoms with Gasteiger partial charge < -0.3 is 14.0 Å². The third kappa shape index (κ3) is 9.19. The molecule has 70 heavy (non-hydrogen) atoms. The average molecular weight is 1110 g/mol. The van der Waals surface area contributed by atoms with Gasteiger partial charge in [0.25, 0.3) is 0 Å². The Hall–Kier alpha value is -6.50. The van der Waals surface area contributed by atoms with Gasteiger partial charge in [-0.1, -0.05) is 164 Å². The first-order chi connectivity index (χ1) is 33.0. The van der Waals surface area contributed by atoms with Crippen LogP contribution in [0.3, 0.4) is 0 Å². The van der Waals surface area contributed by atoms with E-state index in [4.69, 9.17) is 9.40 Å². The van der Waals surface area contributed by atoms with Crippen molar-refractivity contribution >= 4 is 67.8 Å². The van der Waals surface area contributed by atoms with Crippen LogP contribution in [-0.2, 0) is 25.5 Å². The van der Waals surface area contributed by atoms with Gasteiger partial charge in [0.15, 0.2) is 0 Å². The van der Waals surface area contributed by atoms with Gasteiger partial charge in [-0.15, -0.1) is 48.0 Å². The standard InChI is InChI=1S/C49H43N2O.C14H15FNSi.Ir/c1-29(2)39-26-34(31-21-23-35(24-22-31)49(5,6)7)27-40(30(3)4)46(39)51-44-18-11-10-17-43(44)50-48(51)38-16-12-15-37-42-25-33-20-19-32-13-8-9-14-36(32)41(33)28-45(42)52-47(37)38;1-17(2,3)13-8-9-14(16-10-13)11-4-6-12(15)7-5-11;/h8-15,17-30H,1-7H3;4,6-10H,1-3H3;/q2*-1;. The van der Waals surface area contributed by atoms with E-state index < -0.39 is 8.07 Å². The average Bonchev–Trinajstić information content (AvgIpc) is 3.91. The Morgan fingerprint density at radius 1 is 0.657 bits per heavy atom. The molecule has 0 atom stereocenters. The van der Waals surface area contributed by atoms with Crippen molar-refractivity contribution in [3.63, 3.8) is 0 Å². The van der Waals surface area contributed by atoms with Crippen molar-refractivity contribution in [2.24, 2.45) is 0 Å². The van der Waals surface area contributed by atoms with E-state index >= 15 is 0 Å². The third-order valence-corrected chi connectivity index (χ3v) is 15.5. The number of aromatic nitrogens is 3.